The lowest BCUT2D eigenvalue weighted by atomic mass is 10.1. The summed E-state index contributed by atoms with van der Waals surface area (Å²) in [6.07, 6.45) is 1.80. The van der Waals surface area contributed by atoms with E-state index in [1.54, 1.807) is 6.20 Å². The minimum atomic E-state index is 0.694. The van der Waals surface area contributed by atoms with E-state index in [4.69, 9.17) is 28.3 Å². The number of nitrogens with zero attached hydrogens (tertiary/aromatic N) is 3. The van der Waals surface area contributed by atoms with Crippen LogP contribution in [0.4, 0.5) is 0 Å². The molecule has 0 bridgehead atoms. The maximum absolute atomic E-state index is 6.14. The molecule has 2 heterocycles. The predicted octanol–water partition coefficient (Wildman–Crippen LogP) is 5.68. The fraction of sp³-hybridized carbons (Fsp3) is 0.0526. The van der Waals surface area contributed by atoms with Gasteiger partial charge in [0, 0.05) is 27.4 Å². The SMILES string of the molecule is Cc1nn2c(-c3cccc(Cl)c3)ccnc2c1-c1ccc(Cl)cc1. The van der Waals surface area contributed by atoms with E-state index in [1.807, 2.05) is 66.0 Å². The highest BCUT2D eigenvalue weighted by atomic mass is 35.5. The molecule has 4 aromatic rings. The predicted molar refractivity (Wildman–Crippen MR) is 98.6 cm³/mol. The monoisotopic (exact) mass is 353 g/mol. The molecule has 0 aliphatic heterocycles. The minimum absolute atomic E-state index is 0.694. The molecule has 0 radical (unpaired) electrons. The van der Waals surface area contributed by atoms with Gasteiger partial charge in [0.25, 0.3) is 0 Å². The van der Waals surface area contributed by atoms with Crippen LogP contribution in [0.1, 0.15) is 5.69 Å². The van der Waals surface area contributed by atoms with Gasteiger partial charge in [0.05, 0.1) is 11.4 Å². The van der Waals surface area contributed by atoms with Gasteiger partial charge in [0.2, 0.25) is 0 Å². The first kappa shape index (κ1) is 15.2. The van der Waals surface area contributed by atoms with E-state index in [-0.39, 0.29) is 0 Å². The highest BCUT2D eigenvalue weighted by molar-refractivity contribution is 6.31. The number of rotatable bonds is 2. The van der Waals surface area contributed by atoms with Crippen molar-refractivity contribution >= 4 is 28.8 Å². The second-order valence-corrected chi connectivity index (χ2v) is 6.42. The first-order valence-corrected chi connectivity index (χ1v) is 8.25. The Labute approximate surface area is 149 Å². The van der Waals surface area contributed by atoms with Crippen LogP contribution in [-0.4, -0.2) is 14.6 Å². The third-order valence-corrected chi connectivity index (χ3v) is 4.43. The smallest absolute Gasteiger partial charge is 0.163 e. The van der Waals surface area contributed by atoms with Gasteiger partial charge in [-0.2, -0.15) is 5.10 Å². The van der Waals surface area contributed by atoms with Crippen LogP contribution in [0.15, 0.2) is 60.8 Å². The molecule has 0 unspecified atom stereocenters. The van der Waals surface area contributed by atoms with Gasteiger partial charge in [-0.25, -0.2) is 9.50 Å². The lowest BCUT2D eigenvalue weighted by molar-refractivity contribution is 0.925. The first-order valence-electron chi connectivity index (χ1n) is 7.50. The van der Waals surface area contributed by atoms with Crippen molar-refractivity contribution in [1.29, 1.82) is 0 Å². The van der Waals surface area contributed by atoms with Crippen LogP contribution in [0.25, 0.3) is 28.0 Å². The largest absolute Gasteiger partial charge is 0.236 e. The van der Waals surface area contributed by atoms with Gasteiger partial charge in [0.15, 0.2) is 5.65 Å². The third-order valence-electron chi connectivity index (χ3n) is 3.95. The zero-order chi connectivity index (χ0) is 16.7. The van der Waals surface area contributed by atoms with Gasteiger partial charge in [-0.1, -0.05) is 47.5 Å². The van der Waals surface area contributed by atoms with Crippen molar-refractivity contribution in [2.45, 2.75) is 6.92 Å². The second-order valence-electron chi connectivity index (χ2n) is 5.54. The van der Waals surface area contributed by atoms with Crippen LogP contribution in [0.2, 0.25) is 10.0 Å². The zero-order valence-corrected chi connectivity index (χ0v) is 14.4. The van der Waals surface area contributed by atoms with Gasteiger partial charge in [-0.05, 0) is 42.8 Å². The highest BCUT2D eigenvalue weighted by Crippen LogP contribution is 2.31. The van der Waals surface area contributed by atoms with Gasteiger partial charge in [-0.3, -0.25) is 0 Å². The van der Waals surface area contributed by atoms with E-state index >= 15 is 0 Å². The van der Waals surface area contributed by atoms with E-state index in [1.165, 1.54) is 0 Å². The summed E-state index contributed by atoms with van der Waals surface area (Å²) in [6, 6.07) is 17.4. The molecule has 0 aliphatic rings. The topological polar surface area (TPSA) is 30.2 Å². The van der Waals surface area contributed by atoms with Gasteiger partial charge >= 0.3 is 0 Å². The molecule has 2 aromatic heterocycles. The Morgan fingerprint density at radius 1 is 0.875 bits per heavy atom. The Hall–Kier alpha value is -2.36. The average molecular weight is 354 g/mol. The standard InChI is InChI=1S/C19H13Cl2N3/c1-12-18(13-5-7-15(20)8-6-13)19-22-10-9-17(24(19)23-12)14-3-2-4-16(21)11-14/h2-11H,1H3. The van der Waals surface area contributed by atoms with Crippen LogP contribution in [-0.2, 0) is 0 Å². The van der Waals surface area contributed by atoms with Crippen LogP contribution in [0, 0.1) is 6.92 Å². The molecule has 4 rings (SSSR count). The molecule has 0 aliphatic carbocycles. The van der Waals surface area contributed by atoms with Crippen LogP contribution >= 0.6 is 23.2 Å². The zero-order valence-electron chi connectivity index (χ0n) is 12.9. The molecule has 0 fully saturated rings. The van der Waals surface area contributed by atoms with E-state index in [9.17, 15) is 0 Å². The third kappa shape index (κ3) is 2.56. The minimum Gasteiger partial charge on any atom is -0.236 e. The van der Waals surface area contributed by atoms with Gasteiger partial charge in [0.1, 0.15) is 0 Å². The molecular weight excluding hydrogens is 341 g/mol. The van der Waals surface area contributed by atoms with E-state index in [0.717, 1.165) is 33.7 Å². The fourth-order valence-corrected chi connectivity index (χ4v) is 3.19. The van der Waals surface area contributed by atoms with Gasteiger partial charge in [-0.15, -0.1) is 0 Å². The fourth-order valence-electron chi connectivity index (χ4n) is 2.87. The van der Waals surface area contributed by atoms with Crippen molar-refractivity contribution in [2.75, 3.05) is 0 Å². The van der Waals surface area contributed by atoms with Crippen molar-refractivity contribution < 1.29 is 0 Å². The number of benzene rings is 2. The summed E-state index contributed by atoms with van der Waals surface area (Å²) in [4.78, 5) is 4.54. The summed E-state index contributed by atoms with van der Waals surface area (Å²) in [7, 11) is 0. The molecule has 0 saturated carbocycles. The molecule has 3 nitrogen and oxygen atoms in total. The average Bonchev–Trinajstić information content (AvgIpc) is 2.91. The number of hydrogen-bond acceptors (Lipinski definition) is 2. The summed E-state index contributed by atoms with van der Waals surface area (Å²) in [6.45, 7) is 1.99. The quantitative estimate of drug-likeness (QED) is 0.464. The van der Waals surface area contributed by atoms with Crippen molar-refractivity contribution in [1.82, 2.24) is 14.6 Å². The first-order chi connectivity index (χ1) is 11.6. The summed E-state index contributed by atoms with van der Waals surface area (Å²) in [5.74, 6) is 0. The lowest BCUT2D eigenvalue weighted by Gasteiger charge is -2.06. The Kier molecular flexibility index (Phi) is 3.75. The Bertz CT molecular complexity index is 1040. The molecule has 0 N–H and O–H groups in total. The molecule has 5 heteroatoms. The Morgan fingerprint density at radius 3 is 2.42 bits per heavy atom. The van der Waals surface area contributed by atoms with Crippen LogP contribution in [0.3, 0.4) is 0 Å². The van der Waals surface area contributed by atoms with Crippen LogP contribution < -0.4 is 0 Å². The normalized spacial score (nSPS) is 11.1. The molecule has 24 heavy (non-hydrogen) atoms. The summed E-state index contributed by atoms with van der Waals surface area (Å²) in [5, 5.41) is 6.10. The molecule has 118 valence electrons. The molecular formula is C19H13Cl2N3. The lowest BCUT2D eigenvalue weighted by Crippen LogP contribution is -1.95. The second kappa shape index (κ2) is 5.93. The van der Waals surface area contributed by atoms with Crippen molar-refractivity contribution in [3.63, 3.8) is 0 Å². The summed E-state index contributed by atoms with van der Waals surface area (Å²) < 4.78 is 1.87. The molecule has 0 amide bonds. The van der Waals surface area contributed by atoms with E-state index in [0.29, 0.717) is 10.0 Å². The molecule has 2 aromatic carbocycles. The van der Waals surface area contributed by atoms with Crippen molar-refractivity contribution in [2.24, 2.45) is 0 Å². The van der Waals surface area contributed by atoms with Crippen LogP contribution in [0.5, 0.6) is 0 Å². The van der Waals surface area contributed by atoms with Gasteiger partial charge < -0.3 is 0 Å². The maximum Gasteiger partial charge on any atom is 0.163 e. The Balaban J connectivity index is 1.97. The number of hydrogen-bond donors (Lipinski definition) is 0. The highest BCUT2D eigenvalue weighted by Gasteiger charge is 2.15. The van der Waals surface area contributed by atoms with Crippen molar-refractivity contribution in [3.05, 3.63) is 76.5 Å². The summed E-state index contributed by atoms with van der Waals surface area (Å²) >= 11 is 12.1. The molecule has 0 spiro atoms. The van der Waals surface area contributed by atoms with E-state index < -0.39 is 0 Å². The Morgan fingerprint density at radius 2 is 1.67 bits per heavy atom. The van der Waals surface area contributed by atoms with E-state index in [2.05, 4.69) is 4.98 Å². The summed E-state index contributed by atoms with van der Waals surface area (Å²) in [5.41, 5.74) is 5.73. The number of halogens is 2. The molecule has 0 saturated heterocycles. The number of aryl methyl sites for hydroxylation is 1. The molecule has 0 atom stereocenters. The number of aromatic nitrogens is 3. The maximum atomic E-state index is 6.14. The number of fused-ring (bicyclic) bond motifs is 1. The van der Waals surface area contributed by atoms with Crippen molar-refractivity contribution in [3.8, 4) is 22.4 Å².